The van der Waals surface area contributed by atoms with E-state index in [2.05, 4.69) is 51.9 Å². The summed E-state index contributed by atoms with van der Waals surface area (Å²) in [6.07, 6.45) is 4.58. The summed E-state index contributed by atoms with van der Waals surface area (Å²) in [5.74, 6) is 1.61. The Labute approximate surface area is 99.3 Å². The summed E-state index contributed by atoms with van der Waals surface area (Å²) in [5, 5.41) is 0. The van der Waals surface area contributed by atoms with E-state index in [0.29, 0.717) is 0 Å². The molecule has 0 saturated carbocycles. The Morgan fingerprint density at radius 3 is 2.38 bits per heavy atom. The summed E-state index contributed by atoms with van der Waals surface area (Å²) >= 11 is 0. The summed E-state index contributed by atoms with van der Waals surface area (Å²) in [6, 6.07) is 2.33. The van der Waals surface area contributed by atoms with E-state index in [1.807, 2.05) is 0 Å². The number of hydrogen-bond acceptors (Lipinski definition) is 1. The van der Waals surface area contributed by atoms with Crippen LogP contribution >= 0.6 is 0 Å². The molecule has 1 nitrogen and oxygen atoms in total. The van der Waals surface area contributed by atoms with Crippen molar-refractivity contribution >= 4 is 0 Å². The van der Waals surface area contributed by atoms with Crippen molar-refractivity contribution in [1.82, 2.24) is 4.98 Å². The van der Waals surface area contributed by atoms with E-state index in [0.717, 1.165) is 11.8 Å². The minimum absolute atomic E-state index is 0.172. The zero-order valence-electron chi connectivity index (χ0n) is 11.2. The highest BCUT2D eigenvalue weighted by atomic mass is 14.7. The first kappa shape index (κ1) is 11.6. The van der Waals surface area contributed by atoms with Gasteiger partial charge in [0.2, 0.25) is 0 Å². The standard InChI is InChI=1S/C15H23N/c1-10(2)11-6-12-8-14(15(3,4)5)16-9-13(12)7-11/h8-11H,6-7H2,1-5H3. The number of rotatable bonds is 1. The predicted molar refractivity (Wildman–Crippen MR) is 68.7 cm³/mol. The molecule has 0 bridgehead atoms. The first-order valence-electron chi connectivity index (χ1n) is 6.36. The molecule has 0 aromatic carbocycles. The summed E-state index contributed by atoms with van der Waals surface area (Å²) in [6.45, 7) is 11.4. The average molecular weight is 217 g/mol. The lowest BCUT2D eigenvalue weighted by atomic mass is 9.90. The average Bonchev–Trinajstić information content (AvgIpc) is 2.58. The smallest absolute Gasteiger partial charge is 0.0459 e. The topological polar surface area (TPSA) is 12.9 Å². The van der Waals surface area contributed by atoms with Crippen LogP contribution in [0.25, 0.3) is 0 Å². The summed E-state index contributed by atoms with van der Waals surface area (Å²) in [4.78, 5) is 4.62. The van der Waals surface area contributed by atoms with Crippen LogP contribution in [-0.2, 0) is 18.3 Å². The van der Waals surface area contributed by atoms with Crippen LogP contribution in [0.5, 0.6) is 0 Å². The number of fused-ring (bicyclic) bond motifs is 1. The third kappa shape index (κ3) is 2.14. The molecule has 1 aliphatic carbocycles. The van der Waals surface area contributed by atoms with Crippen LogP contribution in [-0.4, -0.2) is 4.98 Å². The lowest BCUT2D eigenvalue weighted by Crippen LogP contribution is -2.13. The molecule has 2 rings (SSSR count). The second-order valence-corrected chi connectivity index (χ2v) is 6.50. The Morgan fingerprint density at radius 2 is 1.81 bits per heavy atom. The summed E-state index contributed by atoms with van der Waals surface area (Å²) in [7, 11) is 0. The van der Waals surface area contributed by atoms with Crippen molar-refractivity contribution in [2.45, 2.75) is 52.9 Å². The molecule has 0 fully saturated rings. The van der Waals surface area contributed by atoms with E-state index < -0.39 is 0 Å². The molecule has 16 heavy (non-hydrogen) atoms. The molecule has 1 aromatic rings. The van der Waals surface area contributed by atoms with Gasteiger partial charge in [-0.1, -0.05) is 34.6 Å². The molecule has 1 unspecified atom stereocenters. The molecule has 1 aliphatic rings. The first-order chi connectivity index (χ1) is 7.38. The van der Waals surface area contributed by atoms with Crippen molar-refractivity contribution < 1.29 is 0 Å². The molecule has 0 amide bonds. The molecular weight excluding hydrogens is 194 g/mol. The van der Waals surface area contributed by atoms with Gasteiger partial charge in [-0.05, 0) is 41.9 Å². The van der Waals surface area contributed by atoms with Crippen LogP contribution in [0.15, 0.2) is 12.3 Å². The normalized spacial score (nSPS) is 20.2. The van der Waals surface area contributed by atoms with E-state index in [-0.39, 0.29) is 5.41 Å². The van der Waals surface area contributed by atoms with Gasteiger partial charge in [0.05, 0.1) is 0 Å². The zero-order chi connectivity index (χ0) is 11.9. The van der Waals surface area contributed by atoms with Gasteiger partial charge in [-0.15, -0.1) is 0 Å². The van der Waals surface area contributed by atoms with Crippen LogP contribution in [0, 0.1) is 11.8 Å². The van der Waals surface area contributed by atoms with Crippen LogP contribution in [0.2, 0.25) is 0 Å². The molecule has 0 saturated heterocycles. The highest BCUT2D eigenvalue weighted by molar-refractivity contribution is 5.33. The van der Waals surface area contributed by atoms with Gasteiger partial charge < -0.3 is 0 Å². The van der Waals surface area contributed by atoms with Crippen molar-refractivity contribution in [3.05, 3.63) is 29.1 Å². The van der Waals surface area contributed by atoms with Crippen molar-refractivity contribution in [2.24, 2.45) is 11.8 Å². The van der Waals surface area contributed by atoms with Crippen LogP contribution < -0.4 is 0 Å². The lowest BCUT2D eigenvalue weighted by Gasteiger charge is -2.18. The fourth-order valence-corrected chi connectivity index (χ4v) is 2.42. The van der Waals surface area contributed by atoms with E-state index in [9.17, 15) is 0 Å². The van der Waals surface area contributed by atoms with Crippen molar-refractivity contribution in [3.8, 4) is 0 Å². The Kier molecular flexibility index (Phi) is 2.81. The van der Waals surface area contributed by atoms with Gasteiger partial charge in [-0.25, -0.2) is 0 Å². The number of pyridine rings is 1. The minimum atomic E-state index is 0.172. The monoisotopic (exact) mass is 217 g/mol. The van der Waals surface area contributed by atoms with E-state index >= 15 is 0 Å². The van der Waals surface area contributed by atoms with Gasteiger partial charge in [0.25, 0.3) is 0 Å². The second kappa shape index (κ2) is 3.87. The maximum absolute atomic E-state index is 4.62. The maximum atomic E-state index is 4.62. The van der Waals surface area contributed by atoms with Crippen molar-refractivity contribution in [1.29, 1.82) is 0 Å². The van der Waals surface area contributed by atoms with Gasteiger partial charge in [-0.3, -0.25) is 4.98 Å². The second-order valence-electron chi connectivity index (χ2n) is 6.50. The highest BCUT2D eigenvalue weighted by Crippen LogP contribution is 2.33. The highest BCUT2D eigenvalue weighted by Gasteiger charge is 2.26. The molecule has 0 radical (unpaired) electrons. The fraction of sp³-hybridized carbons (Fsp3) is 0.667. The van der Waals surface area contributed by atoms with Gasteiger partial charge in [0.1, 0.15) is 0 Å². The third-order valence-electron chi connectivity index (χ3n) is 3.76. The Bertz CT molecular complexity index is 385. The van der Waals surface area contributed by atoms with E-state index in [1.54, 1.807) is 5.56 Å². The van der Waals surface area contributed by atoms with Crippen LogP contribution in [0.4, 0.5) is 0 Å². The fourth-order valence-electron chi connectivity index (χ4n) is 2.42. The Hall–Kier alpha value is -0.850. The van der Waals surface area contributed by atoms with Crippen molar-refractivity contribution in [3.63, 3.8) is 0 Å². The van der Waals surface area contributed by atoms with E-state index in [1.165, 1.54) is 24.1 Å². The largest absolute Gasteiger partial charge is 0.260 e. The number of aromatic nitrogens is 1. The van der Waals surface area contributed by atoms with E-state index in [4.69, 9.17) is 0 Å². The molecule has 1 heteroatoms. The minimum Gasteiger partial charge on any atom is -0.260 e. The molecule has 0 aliphatic heterocycles. The summed E-state index contributed by atoms with van der Waals surface area (Å²) < 4.78 is 0. The molecule has 1 atom stereocenters. The van der Waals surface area contributed by atoms with Gasteiger partial charge in [-0.2, -0.15) is 0 Å². The Morgan fingerprint density at radius 1 is 1.19 bits per heavy atom. The molecule has 0 N–H and O–H groups in total. The van der Waals surface area contributed by atoms with Gasteiger partial charge in [0, 0.05) is 17.3 Å². The number of nitrogens with zero attached hydrogens (tertiary/aromatic N) is 1. The van der Waals surface area contributed by atoms with Gasteiger partial charge >= 0.3 is 0 Å². The van der Waals surface area contributed by atoms with Crippen LogP contribution in [0.1, 0.15) is 51.4 Å². The molecule has 0 spiro atoms. The van der Waals surface area contributed by atoms with Gasteiger partial charge in [0.15, 0.2) is 0 Å². The quantitative estimate of drug-likeness (QED) is 0.698. The first-order valence-corrected chi connectivity index (χ1v) is 6.36. The lowest BCUT2D eigenvalue weighted by molar-refractivity contribution is 0.404. The third-order valence-corrected chi connectivity index (χ3v) is 3.76. The summed E-state index contributed by atoms with van der Waals surface area (Å²) in [5.41, 5.74) is 4.42. The predicted octanol–water partition coefficient (Wildman–Crippen LogP) is 3.75. The molecule has 1 aromatic heterocycles. The van der Waals surface area contributed by atoms with Crippen LogP contribution in [0.3, 0.4) is 0 Å². The zero-order valence-corrected chi connectivity index (χ0v) is 11.2. The number of hydrogen-bond donors (Lipinski definition) is 0. The molecule has 88 valence electrons. The Balaban J connectivity index is 2.28. The molecular formula is C15H23N. The maximum Gasteiger partial charge on any atom is 0.0459 e. The SMILES string of the molecule is CC(C)C1Cc2cnc(C(C)(C)C)cc2C1. The molecule has 1 heterocycles. The van der Waals surface area contributed by atoms with Crippen molar-refractivity contribution in [2.75, 3.05) is 0 Å².